The lowest BCUT2D eigenvalue weighted by atomic mass is 9.97. The fourth-order valence-electron chi connectivity index (χ4n) is 2.51. The summed E-state index contributed by atoms with van der Waals surface area (Å²) >= 11 is 0. The van der Waals surface area contributed by atoms with Crippen LogP contribution in [-0.2, 0) is 16.1 Å². The maximum atomic E-state index is 12.2. The molecular formula is C13H20N4O2. The summed E-state index contributed by atoms with van der Waals surface area (Å²) in [4.78, 5) is 25.9. The lowest BCUT2D eigenvalue weighted by molar-refractivity contribution is -0.141. The molecule has 1 fully saturated rings. The van der Waals surface area contributed by atoms with Crippen LogP contribution in [0.25, 0.3) is 0 Å². The van der Waals surface area contributed by atoms with Crippen molar-refractivity contribution in [1.82, 2.24) is 19.9 Å². The first-order valence-corrected chi connectivity index (χ1v) is 6.88. The maximum Gasteiger partial charge on any atom is 0.225 e. The predicted octanol–water partition coefficient (Wildman–Crippen LogP) is 1.03. The van der Waals surface area contributed by atoms with E-state index in [1.807, 2.05) is 6.92 Å². The molecule has 6 heteroatoms. The number of likely N-dealkylation sites (tertiary alicyclic amines) is 1. The Morgan fingerprint density at radius 2 is 2.21 bits per heavy atom. The van der Waals surface area contributed by atoms with Crippen LogP contribution in [-0.4, -0.2) is 44.2 Å². The fourth-order valence-corrected chi connectivity index (χ4v) is 2.51. The van der Waals surface area contributed by atoms with Crippen molar-refractivity contribution in [2.75, 3.05) is 6.54 Å². The van der Waals surface area contributed by atoms with Gasteiger partial charge in [0.05, 0.1) is 18.8 Å². The average molecular weight is 264 g/mol. The zero-order valence-electron chi connectivity index (χ0n) is 11.3. The van der Waals surface area contributed by atoms with E-state index in [-0.39, 0.29) is 17.7 Å². The van der Waals surface area contributed by atoms with Gasteiger partial charge in [0.15, 0.2) is 5.78 Å². The molecule has 6 nitrogen and oxygen atoms in total. The minimum Gasteiger partial charge on any atom is -0.333 e. The lowest BCUT2D eigenvalue weighted by Gasteiger charge is -2.34. The van der Waals surface area contributed by atoms with E-state index in [0.29, 0.717) is 25.9 Å². The van der Waals surface area contributed by atoms with Crippen molar-refractivity contribution in [2.24, 2.45) is 0 Å². The third-order valence-corrected chi connectivity index (χ3v) is 3.57. The van der Waals surface area contributed by atoms with Gasteiger partial charge in [-0.2, -0.15) is 0 Å². The highest BCUT2D eigenvalue weighted by Gasteiger charge is 2.30. The molecule has 1 unspecified atom stereocenters. The highest BCUT2D eigenvalue weighted by molar-refractivity contribution is 5.89. The van der Waals surface area contributed by atoms with Crippen LogP contribution < -0.4 is 0 Å². The first kappa shape index (κ1) is 13.7. The summed E-state index contributed by atoms with van der Waals surface area (Å²) in [6.45, 7) is 3.07. The number of aromatic nitrogens is 3. The molecule has 0 spiro atoms. The van der Waals surface area contributed by atoms with Crippen LogP contribution in [0.1, 0.15) is 39.0 Å². The number of hydrogen-bond acceptors (Lipinski definition) is 4. The number of carbonyl (C=O) groups is 2. The summed E-state index contributed by atoms with van der Waals surface area (Å²) in [6.07, 6.45) is 7.02. The molecule has 0 radical (unpaired) electrons. The zero-order valence-corrected chi connectivity index (χ0v) is 11.3. The van der Waals surface area contributed by atoms with Crippen molar-refractivity contribution in [2.45, 2.75) is 51.6 Å². The number of aryl methyl sites for hydroxylation is 1. The third-order valence-electron chi connectivity index (χ3n) is 3.57. The van der Waals surface area contributed by atoms with Gasteiger partial charge in [0.2, 0.25) is 5.91 Å². The molecule has 1 atom stereocenters. The number of carbonyl (C=O) groups excluding carboxylic acids is 2. The molecule has 1 aromatic heterocycles. The van der Waals surface area contributed by atoms with Crippen molar-refractivity contribution >= 4 is 11.7 Å². The summed E-state index contributed by atoms with van der Waals surface area (Å²) < 4.78 is 1.64. The number of rotatable bonds is 5. The van der Waals surface area contributed by atoms with E-state index in [9.17, 15) is 9.59 Å². The van der Waals surface area contributed by atoms with E-state index in [1.54, 1.807) is 22.0 Å². The van der Waals surface area contributed by atoms with Crippen molar-refractivity contribution < 1.29 is 9.59 Å². The van der Waals surface area contributed by atoms with Crippen LogP contribution in [0.2, 0.25) is 0 Å². The number of Topliss-reactive ketones (excluding diaryl/α,β-unsaturated/α-hetero) is 1. The van der Waals surface area contributed by atoms with Gasteiger partial charge in [0.1, 0.15) is 0 Å². The predicted molar refractivity (Wildman–Crippen MR) is 69.3 cm³/mol. The smallest absolute Gasteiger partial charge is 0.225 e. The summed E-state index contributed by atoms with van der Waals surface area (Å²) in [5, 5.41) is 7.54. The molecule has 19 heavy (non-hydrogen) atoms. The maximum absolute atomic E-state index is 12.2. The minimum absolute atomic E-state index is 0.0435. The van der Waals surface area contributed by atoms with Crippen LogP contribution in [0.3, 0.4) is 0 Å². The van der Waals surface area contributed by atoms with Gasteiger partial charge in [0.25, 0.3) is 0 Å². The van der Waals surface area contributed by atoms with Gasteiger partial charge in [-0.25, -0.2) is 0 Å². The highest BCUT2D eigenvalue weighted by atomic mass is 16.2. The fraction of sp³-hybridized carbons (Fsp3) is 0.692. The largest absolute Gasteiger partial charge is 0.333 e. The molecule has 0 aliphatic carbocycles. The van der Waals surface area contributed by atoms with Crippen LogP contribution in [0.5, 0.6) is 0 Å². The van der Waals surface area contributed by atoms with Gasteiger partial charge in [-0.1, -0.05) is 12.1 Å². The number of amides is 1. The molecule has 0 aromatic carbocycles. The Morgan fingerprint density at radius 3 is 2.89 bits per heavy atom. The molecule has 2 rings (SSSR count). The van der Waals surface area contributed by atoms with E-state index < -0.39 is 0 Å². The molecule has 2 heterocycles. The topological polar surface area (TPSA) is 68.1 Å². The standard InChI is InChI=1S/C13H20N4O2/c1-2-12(18)11-5-3-4-8-17(11)13(19)6-9-16-10-7-14-15-16/h7,10-11H,2-6,8-9H2,1H3. The Bertz CT molecular complexity index is 430. The van der Waals surface area contributed by atoms with Crippen LogP contribution >= 0.6 is 0 Å². The summed E-state index contributed by atoms with van der Waals surface area (Å²) in [6, 6.07) is -0.206. The number of hydrogen-bond donors (Lipinski definition) is 0. The average Bonchev–Trinajstić information content (AvgIpc) is 2.97. The van der Waals surface area contributed by atoms with Gasteiger partial charge in [-0.05, 0) is 19.3 Å². The second-order valence-electron chi connectivity index (χ2n) is 4.83. The van der Waals surface area contributed by atoms with Gasteiger partial charge >= 0.3 is 0 Å². The van der Waals surface area contributed by atoms with Crippen molar-refractivity contribution in [1.29, 1.82) is 0 Å². The van der Waals surface area contributed by atoms with Gasteiger partial charge in [0, 0.05) is 25.6 Å². The highest BCUT2D eigenvalue weighted by Crippen LogP contribution is 2.19. The Hall–Kier alpha value is -1.72. The van der Waals surface area contributed by atoms with E-state index >= 15 is 0 Å². The van der Waals surface area contributed by atoms with Crippen LogP contribution in [0.15, 0.2) is 12.4 Å². The van der Waals surface area contributed by atoms with Crippen molar-refractivity contribution in [3.8, 4) is 0 Å². The molecular weight excluding hydrogens is 244 g/mol. The lowest BCUT2D eigenvalue weighted by Crippen LogP contribution is -2.48. The monoisotopic (exact) mass is 264 g/mol. The Kier molecular flexibility index (Phi) is 4.65. The molecule has 104 valence electrons. The number of piperidine rings is 1. The SMILES string of the molecule is CCC(=O)C1CCCCN1C(=O)CCn1ccnn1. The second-order valence-corrected chi connectivity index (χ2v) is 4.83. The Labute approximate surface area is 112 Å². The summed E-state index contributed by atoms with van der Waals surface area (Å²) in [7, 11) is 0. The first-order valence-electron chi connectivity index (χ1n) is 6.88. The Morgan fingerprint density at radius 1 is 1.37 bits per heavy atom. The molecule has 0 bridgehead atoms. The molecule has 0 N–H and O–H groups in total. The Balaban J connectivity index is 1.93. The normalized spacial score (nSPS) is 19.4. The van der Waals surface area contributed by atoms with Crippen molar-refractivity contribution in [3.63, 3.8) is 0 Å². The van der Waals surface area contributed by atoms with E-state index in [2.05, 4.69) is 10.3 Å². The van der Waals surface area contributed by atoms with Crippen LogP contribution in [0.4, 0.5) is 0 Å². The molecule has 1 aromatic rings. The summed E-state index contributed by atoms with van der Waals surface area (Å²) in [5.41, 5.74) is 0. The second kappa shape index (κ2) is 6.45. The number of ketones is 1. The van der Waals surface area contributed by atoms with Crippen LogP contribution in [0, 0.1) is 0 Å². The van der Waals surface area contributed by atoms with E-state index in [0.717, 1.165) is 19.3 Å². The third kappa shape index (κ3) is 3.39. The van der Waals surface area contributed by atoms with Gasteiger partial charge in [-0.3, -0.25) is 14.3 Å². The van der Waals surface area contributed by atoms with E-state index in [4.69, 9.17) is 0 Å². The van der Waals surface area contributed by atoms with E-state index in [1.165, 1.54) is 0 Å². The quantitative estimate of drug-likeness (QED) is 0.796. The van der Waals surface area contributed by atoms with Crippen molar-refractivity contribution in [3.05, 3.63) is 12.4 Å². The minimum atomic E-state index is -0.206. The molecule has 1 amide bonds. The molecule has 0 saturated carbocycles. The molecule has 1 aliphatic rings. The van der Waals surface area contributed by atoms with Gasteiger partial charge < -0.3 is 4.90 Å². The zero-order chi connectivity index (χ0) is 13.7. The number of nitrogens with zero attached hydrogens (tertiary/aromatic N) is 4. The summed E-state index contributed by atoms with van der Waals surface area (Å²) in [5.74, 6) is 0.218. The first-order chi connectivity index (χ1) is 9.22. The molecule has 1 aliphatic heterocycles. The molecule has 1 saturated heterocycles. The van der Waals surface area contributed by atoms with Gasteiger partial charge in [-0.15, -0.1) is 5.10 Å².